The Labute approximate surface area is 130 Å². The number of nitrogens with one attached hydrogen (secondary N) is 1. The van der Waals surface area contributed by atoms with E-state index in [2.05, 4.69) is 21.2 Å². The van der Waals surface area contributed by atoms with Gasteiger partial charge in [0.1, 0.15) is 5.25 Å². The van der Waals surface area contributed by atoms with Crippen LogP contribution >= 0.6 is 15.9 Å². The molecule has 4 nitrogen and oxygen atoms in total. The number of carbonyl (C=O) groups excluding carboxylic acids is 1. The zero-order valence-electron chi connectivity index (χ0n) is 11.8. The van der Waals surface area contributed by atoms with Crippen LogP contribution in [-0.2, 0) is 14.6 Å². The molecule has 20 heavy (non-hydrogen) atoms. The van der Waals surface area contributed by atoms with Crippen LogP contribution in [0.4, 0.5) is 0 Å². The molecule has 0 aromatic carbocycles. The first-order valence-electron chi connectivity index (χ1n) is 7.60. The molecule has 3 atom stereocenters. The van der Waals surface area contributed by atoms with Gasteiger partial charge in [0.25, 0.3) is 0 Å². The van der Waals surface area contributed by atoms with Gasteiger partial charge in [-0.3, -0.25) is 4.79 Å². The quantitative estimate of drug-likeness (QED) is 0.777. The number of sulfone groups is 1. The Kier molecular flexibility index (Phi) is 5.90. The van der Waals surface area contributed by atoms with Gasteiger partial charge in [0.15, 0.2) is 9.84 Å². The van der Waals surface area contributed by atoms with E-state index in [1.165, 1.54) is 19.3 Å². The second kappa shape index (κ2) is 7.25. The lowest BCUT2D eigenvalue weighted by Gasteiger charge is -2.31. The highest BCUT2D eigenvalue weighted by Gasteiger charge is 2.35. The van der Waals surface area contributed by atoms with Gasteiger partial charge in [-0.2, -0.15) is 0 Å². The van der Waals surface area contributed by atoms with Crippen LogP contribution in [0.25, 0.3) is 0 Å². The van der Waals surface area contributed by atoms with Crippen LogP contribution in [0.15, 0.2) is 0 Å². The Balaban J connectivity index is 1.88. The van der Waals surface area contributed by atoms with Crippen molar-refractivity contribution in [2.75, 3.05) is 17.6 Å². The molecule has 1 aliphatic heterocycles. The SMILES string of the molecule is O=C(NCC1CCCCC1CBr)C1CCCCS1(=O)=O. The summed E-state index contributed by atoms with van der Waals surface area (Å²) >= 11 is 3.54. The molecule has 1 heterocycles. The van der Waals surface area contributed by atoms with E-state index in [1.807, 2.05) is 0 Å². The summed E-state index contributed by atoms with van der Waals surface area (Å²) < 4.78 is 23.9. The molecule has 2 fully saturated rings. The van der Waals surface area contributed by atoms with E-state index in [1.54, 1.807) is 0 Å². The van der Waals surface area contributed by atoms with Crippen molar-refractivity contribution >= 4 is 31.7 Å². The minimum Gasteiger partial charge on any atom is -0.355 e. The second-order valence-corrected chi connectivity index (χ2v) is 9.01. The van der Waals surface area contributed by atoms with E-state index in [4.69, 9.17) is 0 Å². The first kappa shape index (κ1) is 16.3. The molecule has 0 bridgehead atoms. The maximum Gasteiger partial charge on any atom is 0.238 e. The first-order chi connectivity index (χ1) is 9.54. The number of hydrogen-bond acceptors (Lipinski definition) is 3. The molecular weight excluding hydrogens is 342 g/mol. The molecule has 0 aromatic heterocycles. The lowest BCUT2D eigenvalue weighted by Crippen LogP contribution is -2.45. The van der Waals surface area contributed by atoms with E-state index in [0.29, 0.717) is 31.2 Å². The van der Waals surface area contributed by atoms with Crippen LogP contribution in [0.3, 0.4) is 0 Å². The van der Waals surface area contributed by atoms with Crippen LogP contribution in [0.5, 0.6) is 0 Å². The van der Waals surface area contributed by atoms with Crippen molar-refractivity contribution in [1.29, 1.82) is 0 Å². The maximum absolute atomic E-state index is 12.1. The summed E-state index contributed by atoms with van der Waals surface area (Å²) in [5, 5.41) is 3.07. The molecule has 2 aliphatic rings. The number of hydrogen-bond donors (Lipinski definition) is 1. The van der Waals surface area contributed by atoms with Crippen LogP contribution < -0.4 is 5.32 Å². The first-order valence-corrected chi connectivity index (χ1v) is 10.4. The van der Waals surface area contributed by atoms with Gasteiger partial charge >= 0.3 is 0 Å². The van der Waals surface area contributed by atoms with Crippen LogP contribution in [0.1, 0.15) is 44.9 Å². The zero-order valence-corrected chi connectivity index (χ0v) is 14.2. The lowest BCUT2D eigenvalue weighted by atomic mass is 9.80. The number of alkyl halides is 1. The second-order valence-electron chi connectivity index (χ2n) is 6.06. The smallest absolute Gasteiger partial charge is 0.238 e. The molecule has 0 aromatic rings. The van der Waals surface area contributed by atoms with Crippen molar-refractivity contribution in [2.45, 2.75) is 50.2 Å². The topological polar surface area (TPSA) is 63.2 Å². The maximum atomic E-state index is 12.1. The van der Waals surface area contributed by atoms with Crippen molar-refractivity contribution in [3.63, 3.8) is 0 Å². The fourth-order valence-corrected chi connectivity index (χ4v) is 6.03. The van der Waals surface area contributed by atoms with Crippen molar-refractivity contribution in [2.24, 2.45) is 11.8 Å². The summed E-state index contributed by atoms with van der Waals surface area (Å²) in [7, 11) is -3.22. The van der Waals surface area contributed by atoms with Gasteiger partial charge in [-0.25, -0.2) is 8.42 Å². The summed E-state index contributed by atoms with van der Waals surface area (Å²) in [6.07, 6.45) is 6.83. The Morgan fingerprint density at radius 1 is 1.05 bits per heavy atom. The summed E-state index contributed by atoms with van der Waals surface area (Å²) in [5.41, 5.74) is 0. The molecule has 1 aliphatic carbocycles. The van der Waals surface area contributed by atoms with E-state index < -0.39 is 15.1 Å². The number of amides is 1. The van der Waals surface area contributed by atoms with Gasteiger partial charge in [-0.15, -0.1) is 0 Å². The standard InChI is InChI=1S/C14H24BrNO3S/c15-9-11-5-1-2-6-12(11)10-16-14(17)13-7-3-4-8-20(13,18)19/h11-13H,1-10H2,(H,16,17). The molecule has 1 saturated heterocycles. The Morgan fingerprint density at radius 2 is 1.70 bits per heavy atom. The van der Waals surface area contributed by atoms with E-state index in [9.17, 15) is 13.2 Å². The summed E-state index contributed by atoms with van der Waals surface area (Å²) in [6.45, 7) is 0.626. The number of carbonyl (C=O) groups is 1. The monoisotopic (exact) mass is 365 g/mol. The number of rotatable bonds is 4. The third-order valence-electron chi connectivity index (χ3n) is 4.67. The largest absolute Gasteiger partial charge is 0.355 e. The third kappa shape index (κ3) is 3.97. The molecule has 2 rings (SSSR count). The highest BCUT2D eigenvalue weighted by atomic mass is 79.9. The molecule has 0 spiro atoms. The summed E-state index contributed by atoms with van der Waals surface area (Å²) in [5.74, 6) is 0.979. The fourth-order valence-electron chi connectivity index (χ4n) is 3.35. The third-order valence-corrected chi connectivity index (χ3v) is 7.68. The number of halogens is 1. The summed E-state index contributed by atoms with van der Waals surface area (Å²) in [4.78, 5) is 12.1. The molecule has 1 amide bonds. The van der Waals surface area contributed by atoms with Crippen molar-refractivity contribution in [3.05, 3.63) is 0 Å². The van der Waals surface area contributed by atoms with Gasteiger partial charge in [0.2, 0.25) is 5.91 Å². The molecule has 116 valence electrons. The molecule has 3 unspecified atom stereocenters. The molecule has 1 N–H and O–H groups in total. The predicted octanol–water partition coefficient (Wildman–Crippen LogP) is 2.27. The van der Waals surface area contributed by atoms with Crippen molar-refractivity contribution < 1.29 is 13.2 Å². The summed E-state index contributed by atoms with van der Waals surface area (Å²) in [6, 6.07) is 0. The minimum absolute atomic E-state index is 0.165. The Bertz CT molecular complexity index is 438. The average Bonchev–Trinajstić information content (AvgIpc) is 2.44. The zero-order chi connectivity index (χ0) is 14.6. The van der Waals surface area contributed by atoms with Crippen LogP contribution in [0, 0.1) is 11.8 Å². The van der Waals surface area contributed by atoms with Gasteiger partial charge in [0, 0.05) is 11.9 Å². The van der Waals surface area contributed by atoms with Crippen molar-refractivity contribution in [3.8, 4) is 0 Å². The Hall–Kier alpha value is -0.100. The normalized spacial score (nSPS) is 33.5. The highest BCUT2D eigenvalue weighted by molar-refractivity contribution is 9.09. The molecule has 0 radical (unpaired) electrons. The van der Waals surface area contributed by atoms with Crippen LogP contribution in [-0.4, -0.2) is 37.2 Å². The minimum atomic E-state index is -3.22. The highest BCUT2D eigenvalue weighted by Crippen LogP contribution is 2.31. The molecular formula is C14H24BrNO3S. The van der Waals surface area contributed by atoms with Crippen LogP contribution in [0.2, 0.25) is 0 Å². The van der Waals surface area contributed by atoms with Crippen molar-refractivity contribution in [1.82, 2.24) is 5.32 Å². The molecule has 1 saturated carbocycles. The average molecular weight is 366 g/mol. The Morgan fingerprint density at radius 3 is 2.35 bits per heavy atom. The van der Waals surface area contributed by atoms with Gasteiger partial charge in [0.05, 0.1) is 5.75 Å². The van der Waals surface area contributed by atoms with E-state index in [-0.39, 0.29) is 11.7 Å². The van der Waals surface area contributed by atoms with E-state index >= 15 is 0 Å². The van der Waals surface area contributed by atoms with Gasteiger partial charge < -0.3 is 5.32 Å². The fraction of sp³-hybridized carbons (Fsp3) is 0.929. The van der Waals surface area contributed by atoms with Gasteiger partial charge in [-0.05, 0) is 37.5 Å². The molecule has 6 heteroatoms. The van der Waals surface area contributed by atoms with E-state index in [0.717, 1.165) is 18.2 Å². The predicted molar refractivity (Wildman–Crippen MR) is 83.7 cm³/mol. The van der Waals surface area contributed by atoms with Gasteiger partial charge in [-0.1, -0.05) is 35.2 Å². The lowest BCUT2D eigenvalue weighted by molar-refractivity contribution is -0.121.